The van der Waals surface area contributed by atoms with Crippen LogP contribution in [0, 0.1) is 12.8 Å². The zero-order valence-corrected chi connectivity index (χ0v) is 13.4. The Labute approximate surface area is 117 Å². The standard InChI is InChI=1S/C15H28N4/c1-10(2)13-8-12(5)16-15(17-13)18-14(11(3)4)9-19(6)7/h8,10-11,14H,9H2,1-7H3,(H,16,17,18). The summed E-state index contributed by atoms with van der Waals surface area (Å²) in [7, 11) is 4.18. The predicted molar refractivity (Wildman–Crippen MR) is 81.7 cm³/mol. The summed E-state index contributed by atoms with van der Waals surface area (Å²) in [5.74, 6) is 1.71. The summed E-state index contributed by atoms with van der Waals surface area (Å²) in [4.78, 5) is 11.3. The van der Waals surface area contributed by atoms with Crippen LogP contribution in [0.3, 0.4) is 0 Å². The molecule has 0 aliphatic carbocycles. The van der Waals surface area contributed by atoms with Gasteiger partial charge in [-0.3, -0.25) is 0 Å². The Balaban J connectivity index is 2.89. The van der Waals surface area contributed by atoms with Gasteiger partial charge < -0.3 is 10.2 Å². The first-order chi connectivity index (χ1) is 8.79. The van der Waals surface area contributed by atoms with Gasteiger partial charge in [0.2, 0.25) is 5.95 Å². The SMILES string of the molecule is Cc1cc(C(C)C)nc(NC(CN(C)C)C(C)C)n1. The summed E-state index contributed by atoms with van der Waals surface area (Å²) in [6.07, 6.45) is 0. The second-order valence-corrected chi connectivity index (χ2v) is 6.17. The van der Waals surface area contributed by atoms with Crippen molar-refractivity contribution in [2.45, 2.75) is 46.6 Å². The molecule has 1 heterocycles. The number of rotatable bonds is 6. The Morgan fingerprint density at radius 2 is 1.79 bits per heavy atom. The summed E-state index contributed by atoms with van der Waals surface area (Å²) in [6, 6.07) is 2.42. The summed E-state index contributed by atoms with van der Waals surface area (Å²) < 4.78 is 0. The molecule has 0 aliphatic rings. The van der Waals surface area contributed by atoms with Gasteiger partial charge in [0.15, 0.2) is 0 Å². The second kappa shape index (κ2) is 6.85. The summed E-state index contributed by atoms with van der Waals surface area (Å²) in [5.41, 5.74) is 2.12. The molecule has 0 aliphatic heterocycles. The minimum absolute atomic E-state index is 0.358. The van der Waals surface area contributed by atoms with E-state index in [9.17, 15) is 0 Å². The molecule has 1 aromatic rings. The summed E-state index contributed by atoms with van der Waals surface area (Å²) in [5, 5.41) is 3.48. The van der Waals surface area contributed by atoms with E-state index >= 15 is 0 Å². The molecule has 108 valence electrons. The lowest BCUT2D eigenvalue weighted by Crippen LogP contribution is -2.37. The van der Waals surface area contributed by atoms with Crippen LogP contribution in [0.2, 0.25) is 0 Å². The maximum Gasteiger partial charge on any atom is 0.223 e. The van der Waals surface area contributed by atoms with E-state index < -0.39 is 0 Å². The fraction of sp³-hybridized carbons (Fsp3) is 0.733. The second-order valence-electron chi connectivity index (χ2n) is 6.17. The average molecular weight is 264 g/mol. The molecule has 1 aromatic heterocycles. The van der Waals surface area contributed by atoms with E-state index in [1.54, 1.807) is 0 Å². The van der Waals surface area contributed by atoms with Crippen molar-refractivity contribution in [2.75, 3.05) is 26.0 Å². The molecule has 4 heteroatoms. The van der Waals surface area contributed by atoms with Gasteiger partial charge >= 0.3 is 0 Å². The molecular formula is C15H28N4. The van der Waals surface area contributed by atoms with Crippen LogP contribution in [-0.2, 0) is 0 Å². The van der Waals surface area contributed by atoms with Gasteiger partial charge in [0.1, 0.15) is 0 Å². The third-order valence-electron chi connectivity index (χ3n) is 3.15. The molecule has 0 fully saturated rings. The molecule has 0 bridgehead atoms. The Kier molecular flexibility index (Phi) is 5.73. The first-order valence-electron chi connectivity index (χ1n) is 7.06. The Morgan fingerprint density at radius 3 is 2.26 bits per heavy atom. The van der Waals surface area contributed by atoms with Crippen molar-refractivity contribution in [1.29, 1.82) is 0 Å². The molecular weight excluding hydrogens is 236 g/mol. The fourth-order valence-corrected chi connectivity index (χ4v) is 1.94. The summed E-state index contributed by atoms with van der Waals surface area (Å²) >= 11 is 0. The van der Waals surface area contributed by atoms with Gasteiger partial charge in [-0.1, -0.05) is 27.7 Å². The van der Waals surface area contributed by atoms with E-state index in [4.69, 9.17) is 0 Å². The van der Waals surface area contributed by atoms with Crippen molar-refractivity contribution in [3.63, 3.8) is 0 Å². The molecule has 0 amide bonds. The number of hydrogen-bond donors (Lipinski definition) is 1. The normalized spacial score (nSPS) is 13.4. The van der Waals surface area contributed by atoms with Crippen LogP contribution >= 0.6 is 0 Å². The van der Waals surface area contributed by atoms with Crippen LogP contribution in [0.15, 0.2) is 6.07 Å². The third-order valence-corrected chi connectivity index (χ3v) is 3.15. The minimum atomic E-state index is 0.358. The number of anilines is 1. The van der Waals surface area contributed by atoms with Crippen LogP contribution in [0.5, 0.6) is 0 Å². The maximum absolute atomic E-state index is 4.62. The zero-order chi connectivity index (χ0) is 14.6. The molecule has 0 saturated carbocycles. The monoisotopic (exact) mass is 264 g/mol. The van der Waals surface area contributed by atoms with Crippen LogP contribution in [0.1, 0.15) is 45.0 Å². The number of nitrogens with one attached hydrogen (secondary N) is 1. The molecule has 1 rings (SSSR count). The Bertz CT molecular complexity index is 399. The van der Waals surface area contributed by atoms with Crippen LogP contribution < -0.4 is 5.32 Å². The van der Waals surface area contributed by atoms with Gasteiger partial charge in [-0.2, -0.15) is 0 Å². The van der Waals surface area contributed by atoms with E-state index in [-0.39, 0.29) is 0 Å². The quantitative estimate of drug-likeness (QED) is 0.857. The zero-order valence-electron chi connectivity index (χ0n) is 13.4. The number of aryl methyl sites for hydroxylation is 1. The molecule has 1 N–H and O–H groups in total. The van der Waals surface area contributed by atoms with Crippen molar-refractivity contribution in [1.82, 2.24) is 14.9 Å². The first kappa shape index (κ1) is 15.9. The van der Waals surface area contributed by atoms with E-state index in [1.807, 2.05) is 6.92 Å². The number of aromatic nitrogens is 2. The van der Waals surface area contributed by atoms with E-state index in [0.717, 1.165) is 23.9 Å². The van der Waals surface area contributed by atoms with Crippen molar-refractivity contribution in [3.8, 4) is 0 Å². The number of nitrogens with zero attached hydrogens (tertiary/aromatic N) is 3. The molecule has 0 aromatic carbocycles. The highest BCUT2D eigenvalue weighted by Gasteiger charge is 2.16. The highest BCUT2D eigenvalue weighted by Crippen LogP contribution is 2.16. The van der Waals surface area contributed by atoms with Gasteiger partial charge in [0, 0.05) is 24.0 Å². The van der Waals surface area contributed by atoms with Crippen LogP contribution in [0.4, 0.5) is 5.95 Å². The van der Waals surface area contributed by atoms with Crippen molar-refractivity contribution in [3.05, 3.63) is 17.5 Å². The van der Waals surface area contributed by atoms with E-state index in [2.05, 4.69) is 68.0 Å². The maximum atomic E-state index is 4.62. The number of likely N-dealkylation sites (N-methyl/N-ethyl adjacent to an activating group) is 1. The lowest BCUT2D eigenvalue weighted by molar-refractivity contribution is 0.343. The molecule has 1 atom stereocenters. The minimum Gasteiger partial charge on any atom is -0.350 e. The van der Waals surface area contributed by atoms with E-state index in [0.29, 0.717) is 17.9 Å². The fourth-order valence-electron chi connectivity index (χ4n) is 1.94. The molecule has 0 radical (unpaired) electrons. The highest BCUT2D eigenvalue weighted by atomic mass is 15.2. The number of hydrogen-bond acceptors (Lipinski definition) is 4. The van der Waals surface area contributed by atoms with Gasteiger partial charge in [-0.15, -0.1) is 0 Å². The molecule has 0 spiro atoms. The largest absolute Gasteiger partial charge is 0.350 e. The highest BCUT2D eigenvalue weighted by molar-refractivity contribution is 5.30. The van der Waals surface area contributed by atoms with Crippen molar-refractivity contribution >= 4 is 5.95 Å². The first-order valence-corrected chi connectivity index (χ1v) is 7.06. The van der Waals surface area contributed by atoms with Gasteiger partial charge in [0.25, 0.3) is 0 Å². The molecule has 1 unspecified atom stereocenters. The van der Waals surface area contributed by atoms with Crippen LogP contribution in [-0.4, -0.2) is 41.5 Å². The topological polar surface area (TPSA) is 41.1 Å². The smallest absolute Gasteiger partial charge is 0.223 e. The molecule has 19 heavy (non-hydrogen) atoms. The molecule has 0 saturated heterocycles. The lowest BCUT2D eigenvalue weighted by Gasteiger charge is -2.26. The average Bonchev–Trinajstić information content (AvgIpc) is 2.26. The van der Waals surface area contributed by atoms with Crippen LogP contribution in [0.25, 0.3) is 0 Å². The van der Waals surface area contributed by atoms with Crippen molar-refractivity contribution < 1.29 is 0 Å². The summed E-state index contributed by atoms with van der Waals surface area (Å²) in [6.45, 7) is 11.8. The Morgan fingerprint density at radius 1 is 1.16 bits per heavy atom. The van der Waals surface area contributed by atoms with E-state index in [1.165, 1.54) is 0 Å². The molecule has 4 nitrogen and oxygen atoms in total. The van der Waals surface area contributed by atoms with Gasteiger partial charge in [-0.05, 0) is 38.9 Å². The van der Waals surface area contributed by atoms with Crippen molar-refractivity contribution in [2.24, 2.45) is 5.92 Å². The van der Waals surface area contributed by atoms with Gasteiger partial charge in [0.05, 0.1) is 0 Å². The Hall–Kier alpha value is -1.16. The van der Waals surface area contributed by atoms with Gasteiger partial charge in [-0.25, -0.2) is 9.97 Å². The lowest BCUT2D eigenvalue weighted by atomic mass is 10.0. The predicted octanol–water partition coefficient (Wildman–Crippen LogP) is 2.91. The third kappa shape index (κ3) is 5.15.